The summed E-state index contributed by atoms with van der Waals surface area (Å²) in [6.45, 7) is 4.02. The van der Waals surface area contributed by atoms with Crippen LogP contribution in [0.25, 0.3) is 0 Å². The Morgan fingerprint density at radius 2 is 2.19 bits per heavy atom. The van der Waals surface area contributed by atoms with Crippen molar-refractivity contribution < 1.29 is 4.79 Å². The van der Waals surface area contributed by atoms with Gasteiger partial charge in [-0.25, -0.2) is 0 Å². The van der Waals surface area contributed by atoms with Crippen molar-refractivity contribution in [2.45, 2.75) is 20.3 Å². The predicted molar refractivity (Wildman–Crippen MR) is 72.6 cm³/mol. The highest BCUT2D eigenvalue weighted by molar-refractivity contribution is 9.13. The van der Waals surface area contributed by atoms with Crippen LogP contribution in [-0.4, -0.2) is 5.78 Å². The van der Waals surface area contributed by atoms with Gasteiger partial charge in [-0.2, -0.15) is 5.26 Å². The van der Waals surface area contributed by atoms with E-state index in [2.05, 4.69) is 37.9 Å². The Morgan fingerprint density at radius 1 is 1.56 bits per heavy atom. The van der Waals surface area contributed by atoms with E-state index in [0.717, 1.165) is 8.26 Å². The minimum atomic E-state index is -0.530. The fraction of sp³-hybridized carbons (Fsp3) is 0.455. The molecule has 0 saturated heterocycles. The number of carbonyl (C=O) groups is 1. The maximum atomic E-state index is 12.0. The van der Waals surface area contributed by atoms with Gasteiger partial charge < -0.3 is 0 Å². The lowest BCUT2D eigenvalue weighted by molar-refractivity contribution is 0.0941. The van der Waals surface area contributed by atoms with Crippen LogP contribution in [0.4, 0.5) is 0 Å². The second kappa shape index (κ2) is 5.95. The number of nitrogens with zero attached hydrogens (tertiary/aromatic N) is 1. The third kappa shape index (κ3) is 3.41. The number of ketones is 1. The summed E-state index contributed by atoms with van der Waals surface area (Å²) in [5.41, 5.74) is 0. The Balaban J connectivity index is 2.88. The van der Waals surface area contributed by atoms with Crippen LogP contribution in [0.3, 0.4) is 0 Å². The predicted octanol–water partition coefficient (Wildman–Crippen LogP) is 4.64. The van der Waals surface area contributed by atoms with E-state index >= 15 is 0 Å². The van der Waals surface area contributed by atoms with E-state index in [4.69, 9.17) is 5.26 Å². The van der Waals surface area contributed by atoms with Crippen molar-refractivity contribution in [2.75, 3.05) is 0 Å². The molecule has 0 saturated carbocycles. The van der Waals surface area contributed by atoms with Crippen LogP contribution in [0.2, 0.25) is 0 Å². The molecular weight excluding hydrogens is 354 g/mol. The van der Waals surface area contributed by atoms with Crippen LogP contribution in [0, 0.1) is 23.2 Å². The van der Waals surface area contributed by atoms with E-state index in [1.807, 2.05) is 13.8 Å². The van der Waals surface area contributed by atoms with E-state index < -0.39 is 5.92 Å². The van der Waals surface area contributed by atoms with Crippen LogP contribution in [0.15, 0.2) is 14.3 Å². The third-order valence-corrected chi connectivity index (χ3v) is 5.34. The second-order valence-corrected chi connectivity index (χ2v) is 7.13. The normalized spacial score (nSPS) is 12.5. The highest BCUT2D eigenvalue weighted by Crippen LogP contribution is 2.34. The summed E-state index contributed by atoms with van der Waals surface area (Å²) in [6.07, 6.45) is 0.614. The van der Waals surface area contributed by atoms with E-state index in [0.29, 0.717) is 17.2 Å². The lowest BCUT2D eigenvalue weighted by atomic mass is 9.94. The molecule has 1 unspecified atom stereocenters. The molecule has 16 heavy (non-hydrogen) atoms. The largest absolute Gasteiger partial charge is 0.292 e. The molecule has 1 heterocycles. The van der Waals surface area contributed by atoms with Crippen molar-refractivity contribution in [3.05, 3.63) is 19.2 Å². The monoisotopic (exact) mass is 363 g/mol. The molecule has 5 heteroatoms. The van der Waals surface area contributed by atoms with Crippen molar-refractivity contribution in [1.82, 2.24) is 0 Å². The summed E-state index contributed by atoms with van der Waals surface area (Å²) in [5, 5.41) is 8.99. The van der Waals surface area contributed by atoms with E-state index in [9.17, 15) is 4.79 Å². The van der Waals surface area contributed by atoms with Gasteiger partial charge in [-0.3, -0.25) is 4.79 Å². The van der Waals surface area contributed by atoms with Gasteiger partial charge in [0.25, 0.3) is 0 Å². The highest BCUT2D eigenvalue weighted by Gasteiger charge is 2.23. The zero-order valence-corrected chi connectivity index (χ0v) is 12.9. The van der Waals surface area contributed by atoms with Gasteiger partial charge in [-0.1, -0.05) is 13.8 Å². The van der Waals surface area contributed by atoms with Gasteiger partial charge in [0.05, 0.1) is 14.7 Å². The van der Waals surface area contributed by atoms with E-state index in [1.165, 1.54) is 11.3 Å². The first-order valence-corrected chi connectivity index (χ1v) is 7.24. The second-order valence-electron chi connectivity index (χ2n) is 3.91. The first-order valence-electron chi connectivity index (χ1n) is 4.84. The Morgan fingerprint density at radius 3 is 2.56 bits per heavy atom. The molecule has 86 valence electrons. The molecule has 1 rings (SSSR count). The standard InChI is InChI=1S/C11H11Br2NOS/c1-6(2)3-7(5-14)10(15)9-4-8(12)11(13)16-9/h4,6-7H,3H2,1-2H3. The topological polar surface area (TPSA) is 40.9 Å². The number of carbonyl (C=O) groups excluding carboxylic acids is 1. The number of hydrogen-bond donors (Lipinski definition) is 0. The molecule has 0 bridgehead atoms. The minimum absolute atomic E-state index is 0.0763. The average Bonchev–Trinajstić information content (AvgIpc) is 2.54. The number of Topliss-reactive ketones (excluding diaryl/α,β-unsaturated/α-hetero) is 1. The van der Waals surface area contributed by atoms with Crippen molar-refractivity contribution in [2.24, 2.45) is 11.8 Å². The molecule has 0 amide bonds. The van der Waals surface area contributed by atoms with Gasteiger partial charge in [0, 0.05) is 4.47 Å². The van der Waals surface area contributed by atoms with Crippen molar-refractivity contribution >= 4 is 49.0 Å². The third-order valence-electron chi connectivity index (χ3n) is 2.07. The summed E-state index contributed by atoms with van der Waals surface area (Å²) in [5.74, 6) is -0.259. The van der Waals surface area contributed by atoms with Gasteiger partial charge in [0.2, 0.25) is 0 Å². The Labute approximate surface area is 116 Å². The SMILES string of the molecule is CC(C)CC(C#N)C(=O)c1cc(Br)c(Br)s1. The Kier molecular flexibility index (Phi) is 5.16. The fourth-order valence-electron chi connectivity index (χ4n) is 1.33. The average molecular weight is 365 g/mol. The molecule has 0 spiro atoms. The molecule has 0 aliphatic heterocycles. The van der Waals surface area contributed by atoms with Gasteiger partial charge in [-0.05, 0) is 50.3 Å². The highest BCUT2D eigenvalue weighted by atomic mass is 79.9. The summed E-state index contributed by atoms with van der Waals surface area (Å²) in [6, 6.07) is 3.85. The Bertz CT molecular complexity index is 414. The number of thiophene rings is 1. The molecule has 0 N–H and O–H groups in total. The van der Waals surface area contributed by atoms with Crippen LogP contribution >= 0.6 is 43.2 Å². The number of rotatable bonds is 4. The van der Waals surface area contributed by atoms with E-state index in [-0.39, 0.29) is 5.78 Å². The number of hydrogen-bond acceptors (Lipinski definition) is 3. The van der Waals surface area contributed by atoms with Gasteiger partial charge in [-0.15, -0.1) is 11.3 Å². The lowest BCUT2D eigenvalue weighted by Gasteiger charge is -2.08. The van der Waals surface area contributed by atoms with Gasteiger partial charge >= 0.3 is 0 Å². The molecule has 1 atom stereocenters. The molecule has 0 radical (unpaired) electrons. The first kappa shape index (κ1) is 13.9. The Hall–Kier alpha value is -0.180. The molecule has 0 aliphatic rings. The maximum absolute atomic E-state index is 12.0. The quantitative estimate of drug-likeness (QED) is 0.730. The van der Waals surface area contributed by atoms with E-state index in [1.54, 1.807) is 6.07 Å². The zero-order chi connectivity index (χ0) is 12.3. The molecule has 0 aliphatic carbocycles. The fourth-order valence-corrected chi connectivity index (χ4v) is 3.36. The molecule has 1 aromatic rings. The summed E-state index contributed by atoms with van der Waals surface area (Å²) in [7, 11) is 0. The summed E-state index contributed by atoms with van der Waals surface area (Å²) < 4.78 is 1.75. The molecule has 0 aromatic carbocycles. The molecule has 1 aromatic heterocycles. The van der Waals surface area contributed by atoms with Crippen LogP contribution in [0.1, 0.15) is 29.9 Å². The smallest absolute Gasteiger partial charge is 0.189 e. The molecular formula is C11H11Br2NOS. The summed E-state index contributed by atoms with van der Waals surface area (Å²) >= 11 is 8.04. The lowest BCUT2D eigenvalue weighted by Crippen LogP contribution is -2.14. The van der Waals surface area contributed by atoms with Crippen LogP contribution in [0.5, 0.6) is 0 Å². The van der Waals surface area contributed by atoms with Crippen LogP contribution in [-0.2, 0) is 0 Å². The van der Waals surface area contributed by atoms with Crippen molar-refractivity contribution in [1.29, 1.82) is 5.26 Å². The molecule has 0 fully saturated rings. The maximum Gasteiger partial charge on any atom is 0.189 e. The van der Waals surface area contributed by atoms with Gasteiger partial charge in [0.1, 0.15) is 5.92 Å². The number of halogens is 2. The van der Waals surface area contributed by atoms with Crippen molar-refractivity contribution in [3.63, 3.8) is 0 Å². The van der Waals surface area contributed by atoms with Gasteiger partial charge in [0.15, 0.2) is 5.78 Å². The number of nitriles is 1. The molecule has 2 nitrogen and oxygen atoms in total. The first-order chi connectivity index (χ1) is 7.45. The van der Waals surface area contributed by atoms with Crippen molar-refractivity contribution in [3.8, 4) is 6.07 Å². The van der Waals surface area contributed by atoms with Crippen LogP contribution < -0.4 is 0 Å². The minimum Gasteiger partial charge on any atom is -0.292 e. The zero-order valence-electron chi connectivity index (χ0n) is 8.96. The summed E-state index contributed by atoms with van der Waals surface area (Å²) in [4.78, 5) is 12.7.